The highest BCUT2D eigenvalue weighted by atomic mass is 32.2. The summed E-state index contributed by atoms with van der Waals surface area (Å²) < 4.78 is 31.8. The van der Waals surface area contributed by atoms with Gasteiger partial charge in [-0.25, -0.2) is 17.9 Å². The molecule has 0 fully saturated rings. The summed E-state index contributed by atoms with van der Waals surface area (Å²) in [5, 5.41) is 4.01. The van der Waals surface area contributed by atoms with Crippen LogP contribution in [-0.4, -0.2) is 31.3 Å². The molecule has 0 radical (unpaired) electrons. The number of rotatable bonds is 4. The summed E-state index contributed by atoms with van der Waals surface area (Å²) >= 11 is 0. The van der Waals surface area contributed by atoms with Gasteiger partial charge in [-0.3, -0.25) is 0 Å². The molecule has 1 aromatic heterocycles. The van der Waals surface area contributed by atoms with E-state index in [2.05, 4.69) is 9.84 Å². The molecule has 0 atom stereocenters. The Balaban J connectivity index is 2.23. The van der Waals surface area contributed by atoms with E-state index in [1.807, 2.05) is 0 Å². The smallest absolute Gasteiger partial charge is 0.358 e. The highest BCUT2D eigenvalue weighted by molar-refractivity contribution is 7.91. The quantitative estimate of drug-likeness (QED) is 0.681. The topological polar surface area (TPSA) is 78.3 Å². The molecule has 0 saturated carbocycles. The number of carbonyl (C=O) groups is 1. The van der Waals surface area contributed by atoms with E-state index in [1.54, 1.807) is 48.5 Å². The van der Waals surface area contributed by atoms with Crippen molar-refractivity contribution in [1.82, 2.24) is 9.78 Å². The number of benzene rings is 2. The summed E-state index contributed by atoms with van der Waals surface area (Å²) in [4.78, 5) is 11.9. The highest BCUT2D eigenvalue weighted by Gasteiger charge is 2.26. The van der Waals surface area contributed by atoms with Gasteiger partial charge < -0.3 is 4.74 Å². The van der Waals surface area contributed by atoms with Gasteiger partial charge in [0.15, 0.2) is 10.7 Å². The number of carbonyl (C=O) groups excluding carboxylic acids is 1. The van der Waals surface area contributed by atoms with Crippen LogP contribution in [0.4, 0.5) is 0 Å². The first-order valence-corrected chi connectivity index (χ1v) is 8.56. The van der Waals surface area contributed by atoms with E-state index in [0.29, 0.717) is 5.69 Å². The Labute approximate surface area is 139 Å². The standard InChI is InChI=1S/C17H14N2O4S/c1-23-17(20)15-12-16(19(18-15)13-8-4-2-5-9-13)24(21,22)14-10-6-3-7-11-14/h2-12H,1H3. The summed E-state index contributed by atoms with van der Waals surface area (Å²) in [5.74, 6) is -0.700. The zero-order chi connectivity index (χ0) is 17.2. The predicted molar refractivity (Wildman–Crippen MR) is 86.8 cm³/mol. The van der Waals surface area contributed by atoms with E-state index in [4.69, 9.17) is 0 Å². The zero-order valence-corrected chi connectivity index (χ0v) is 13.6. The Bertz CT molecular complexity index is 964. The van der Waals surface area contributed by atoms with Crippen LogP contribution in [0.1, 0.15) is 10.5 Å². The van der Waals surface area contributed by atoms with Gasteiger partial charge in [0.1, 0.15) is 0 Å². The van der Waals surface area contributed by atoms with Crippen molar-refractivity contribution in [2.75, 3.05) is 7.11 Å². The monoisotopic (exact) mass is 342 g/mol. The molecule has 0 spiro atoms. The number of sulfone groups is 1. The molecule has 7 heteroatoms. The molecular formula is C17H14N2O4S. The molecule has 0 aliphatic carbocycles. The fourth-order valence-corrected chi connectivity index (χ4v) is 3.63. The van der Waals surface area contributed by atoms with E-state index in [0.717, 1.165) is 0 Å². The number of nitrogens with zero attached hydrogens (tertiary/aromatic N) is 2. The average Bonchev–Trinajstić information content (AvgIpc) is 3.09. The molecule has 1 heterocycles. The van der Waals surface area contributed by atoms with Crippen molar-refractivity contribution < 1.29 is 17.9 Å². The maximum atomic E-state index is 12.9. The number of methoxy groups -OCH3 is 1. The Kier molecular flexibility index (Phi) is 4.18. The van der Waals surface area contributed by atoms with Crippen molar-refractivity contribution in [3.05, 3.63) is 72.4 Å². The molecule has 2 aromatic carbocycles. The van der Waals surface area contributed by atoms with E-state index in [9.17, 15) is 13.2 Å². The van der Waals surface area contributed by atoms with Gasteiger partial charge in [0.25, 0.3) is 0 Å². The summed E-state index contributed by atoms with van der Waals surface area (Å²) in [6.45, 7) is 0. The maximum Gasteiger partial charge on any atom is 0.358 e. The number of hydrogen-bond acceptors (Lipinski definition) is 5. The molecule has 3 rings (SSSR count). The molecule has 24 heavy (non-hydrogen) atoms. The van der Waals surface area contributed by atoms with Crippen molar-refractivity contribution in [3.63, 3.8) is 0 Å². The van der Waals surface area contributed by atoms with Crippen LogP contribution in [0, 0.1) is 0 Å². The number of aromatic nitrogens is 2. The molecular weight excluding hydrogens is 328 g/mol. The van der Waals surface area contributed by atoms with E-state index in [-0.39, 0.29) is 15.6 Å². The van der Waals surface area contributed by atoms with Crippen LogP contribution in [-0.2, 0) is 14.6 Å². The maximum absolute atomic E-state index is 12.9. The molecule has 3 aromatic rings. The van der Waals surface area contributed by atoms with Crippen LogP contribution in [0.25, 0.3) is 5.69 Å². The van der Waals surface area contributed by atoms with Crippen LogP contribution in [0.15, 0.2) is 76.7 Å². The van der Waals surface area contributed by atoms with E-state index < -0.39 is 15.8 Å². The van der Waals surface area contributed by atoms with E-state index in [1.165, 1.54) is 30.0 Å². The van der Waals surface area contributed by atoms with Gasteiger partial charge in [-0.2, -0.15) is 5.10 Å². The van der Waals surface area contributed by atoms with Crippen molar-refractivity contribution in [1.29, 1.82) is 0 Å². The lowest BCUT2D eigenvalue weighted by Gasteiger charge is -2.08. The predicted octanol–water partition coefficient (Wildman–Crippen LogP) is 2.49. The number of para-hydroxylation sites is 1. The zero-order valence-electron chi connectivity index (χ0n) is 12.8. The first-order valence-electron chi connectivity index (χ1n) is 7.08. The lowest BCUT2D eigenvalue weighted by atomic mass is 10.3. The average molecular weight is 342 g/mol. The van der Waals surface area contributed by atoms with Gasteiger partial charge in [0.2, 0.25) is 9.84 Å². The molecule has 0 bridgehead atoms. The lowest BCUT2D eigenvalue weighted by Crippen LogP contribution is -2.10. The summed E-state index contributed by atoms with van der Waals surface area (Å²) in [7, 11) is -2.63. The molecule has 0 N–H and O–H groups in total. The second-order valence-electron chi connectivity index (χ2n) is 4.92. The third-order valence-electron chi connectivity index (χ3n) is 3.40. The molecule has 122 valence electrons. The van der Waals surface area contributed by atoms with Crippen LogP contribution >= 0.6 is 0 Å². The third kappa shape index (κ3) is 2.81. The minimum absolute atomic E-state index is 0.0733. The van der Waals surface area contributed by atoms with Crippen LogP contribution in [0.5, 0.6) is 0 Å². The van der Waals surface area contributed by atoms with Gasteiger partial charge in [0, 0.05) is 6.07 Å². The van der Waals surface area contributed by atoms with E-state index >= 15 is 0 Å². The fourth-order valence-electron chi connectivity index (χ4n) is 2.23. The molecule has 0 amide bonds. The van der Waals surface area contributed by atoms with Crippen LogP contribution in [0.2, 0.25) is 0 Å². The highest BCUT2D eigenvalue weighted by Crippen LogP contribution is 2.24. The molecule has 0 aliphatic heterocycles. The summed E-state index contributed by atoms with van der Waals surface area (Å²) in [6.07, 6.45) is 0. The SMILES string of the molecule is COC(=O)c1cc(S(=O)(=O)c2ccccc2)n(-c2ccccc2)n1. The fraction of sp³-hybridized carbons (Fsp3) is 0.0588. The van der Waals surface area contributed by atoms with Crippen LogP contribution in [0.3, 0.4) is 0 Å². The number of ether oxygens (including phenoxy) is 1. The molecule has 0 unspecified atom stereocenters. The first kappa shape index (κ1) is 15.9. The molecule has 6 nitrogen and oxygen atoms in total. The molecule has 0 aliphatic rings. The van der Waals surface area contributed by atoms with Gasteiger partial charge >= 0.3 is 5.97 Å². The number of esters is 1. The van der Waals surface area contributed by atoms with Crippen molar-refractivity contribution >= 4 is 15.8 Å². The second kappa shape index (κ2) is 6.29. The second-order valence-corrected chi connectivity index (χ2v) is 6.82. The van der Waals surface area contributed by atoms with Gasteiger partial charge in [0.05, 0.1) is 17.7 Å². The molecule has 0 saturated heterocycles. The summed E-state index contributed by atoms with van der Waals surface area (Å²) in [5.41, 5.74) is 0.456. The van der Waals surface area contributed by atoms with Gasteiger partial charge in [-0.15, -0.1) is 0 Å². The van der Waals surface area contributed by atoms with Crippen LogP contribution < -0.4 is 0 Å². The van der Waals surface area contributed by atoms with Crippen molar-refractivity contribution in [3.8, 4) is 5.69 Å². The number of hydrogen-bond donors (Lipinski definition) is 0. The Hall–Kier alpha value is -2.93. The Morgan fingerprint density at radius 3 is 2.17 bits per heavy atom. The third-order valence-corrected chi connectivity index (χ3v) is 5.14. The van der Waals surface area contributed by atoms with Gasteiger partial charge in [-0.05, 0) is 24.3 Å². The van der Waals surface area contributed by atoms with Gasteiger partial charge in [-0.1, -0.05) is 36.4 Å². The largest absolute Gasteiger partial charge is 0.464 e. The lowest BCUT2D eigenvalue weighted by molar-refractivity contribution is 0.0593. The van der Waals surface area contributed by atoms with Crippen molar-refractivity contribution in [2.45, 2.75) is 9.92 Å². The minimum atomic E-state index is -3.85. The Morgan fingerprint density at radius 1 is 1.00 bits per heavy atom. The normalized spacial score (nSPS) is 11.2. The Morgan fingerprint density at radius 2 is 1.58 bits per heavy atom. The first-order chi connectivity index (χ1) is 11.5. The summed E-state index contributed by atoms with van der Waals surface area (Å²) in [6, 6.07) is 17.9. The minimum Gasteiger partial charge on any atom is -0.464 e. The van der Waals surface area contributed by atoms with Crippen molar-refractivity contribution in [2.24, 2.45) is 0 Å².